The summed E-state index contributed by atoms with van der Waals surface area (Å²) < 4.78 is 40.3. The lowest BCUT2D eigenvalue weighted by Gasteiger charge is -2.23. The van der Waals surface area contributed by atoms with E-state index >= 15 is 4.39 Å². The van der Waals surface area contributed by atoms with Gasteiger partial charge in [0.25, 0.3) is 0 Å². The van der Waals surface area contributed by atoms with Crippen LogP contribution in [0, 0.1) is 5.82 Å². The highest BCUT2D eigenvalue weighted by Crippen LogP contribution is 2.32. The van der Waals surface area contributed by atoms with E-state index in [-0.39, 0.29) is 25.1 Å². The zero-order valence-corrected chi connectivity index (χ0v) is 23.5. The lowest BCUT2D eigenvalue weighted by Crippen LogP contribution is -2.34. The first kappa shape index (κ1) is 30.4. The van der Waals surface area contributed by atoms with Crippen molar-refractivity contribution in [1.82, 2.24) is 5.32 Å². The Hall–Kier alpha value is -4.14. The van der Waals surface area contributed by atoms with Gasteiger partial charge in [-0.05, 0) is 63.1 Å². The number of alkyl halides is 1. The molecule has 1 atom stereocenters. The first-order chi connectivity index (χ1) is 18.9. The van der Waals surface area contributed by atoms with E-state index in [0.29, 0.717) is 33.7 Å². The van der Waals surface area contributed by atoms with Crippen molar-refractivity contribution >= 4 is 17.7 Å². The Morgan fingerprint density at radius 2 is 1.80 bits per heavy atom. The summed E-state index contributed by atoms with van der Waals surface area (Å²) in [6, 6.07) is 16.5. The van der Waals surface area contributed by atoms with Gasteiger partial charge < -0.3 is 24.8 Å². The van der Waals surface area contributed by atoms with E-state index < -0.39 is 36.2 Å². The number of para-hydroxylation sites is 1. The molecular weight excluding hydrogens is 518 g/mol. The molecule has 0 aliphatic heterocycles. The Balaban J connectivity index is 1.95. The van der Waals surface area contributed by atoms with Crippen molar-refractivity contribution < 1.29 is 33.0 Å². The molecule has 3 rings (SSSR count). The number of carboxylic acids is 1. The van der Waals surface area contributed by atoms with Crippen molar-refractivity contribution in [3.8, 4) is 16.9 Å². The fraction of sp³-hybridized carbons (Fsp3) is 0.355. The van der Waals surface area contributed by atoms with Gasteiger partial charge in [-0.25, -0.2) is 13.6 Å². The Morgan fingerprint density at radius 1 is 1.07 bits per heavy atom. The van der Waals surface area contributed by atoms with Crippen LogP contribution >= 0.6 is 0 Å². The Morgan fingerprint density at radius 3 is 2.48 bits per heavy atom. The fourth-order valence-corrected chi connectivity index (χ4v) is 4.17. The van der Waals surface area contributed by atoms with Gasteiger partial charge in [0.05, 0.1) is 12.5 Å². The molecule has 0 aliphatic rings. The second-order valence-corrected chi connectivity index (χ2v) is 10.5. The first-order valence-electron chi connectivity index (χ1n) is 13.0. The van der Waals surface area contributed by atoms with Crippen LogP contribution < -0.4 is 15.0 Å². The number of carbonyl (C=O) groups is 2. The third kappa shape index (κ3) is 8.43. The molecule has 9 heteroatoms. The largest absolute Gasteiger partial charge is 0.489 e. The summed E-state index contributed by atoms with van der Waals surface area (Å²) in [7, 11) is 1.74. The number of nitrogens with one attached hydrogen (secondary N) is 1. The molecule has 7 nitrogen and oxygen atoms in total. The number of carboxylic acid groups (broad SMARTS) is 1. The van der Waals surface area contributed by atoms with E-state index in [1.54, 1.807) is 94.2 Å². The molecule has 0 saturated carbocycles. The minimum Gasteiger partial charge on any atom is -0.489 e. The third-order valence-electron chi connectivity index (χ3n) is 6.09. The summed E-state index contributed by atoms with van der Waals surface area (Å²) in [5, 5.41) is 11.9. The summed E-state index contributed by atoms with van der Waals surface area (Å²) in [4.78, 5) is 25.2. The second kappa shape index (κ2) is 13.3. The van der Waals surface area contributed by atoms with Crippen LogP contribution in [0.2, 0.25) is 0 Å². The van der Waals surface area contributed by atoms with Gasteiger partial charge >= 0.3 is 12.1 Å². The summed E-state index contributed by atoms with van der Waals surface area (Å²) in [5.41, 5.74) is 2.33. The van der Waals surface area contributed by atoms with E-state index in [2.05, 4.69) is 5.32 Å². The number of carbonyl (C=O) groups excluding carboxylic acids is 1. The van der Waals surface area contributed by atoms with Crippen LogP contribution in [0.5, 0.6) is 5.75 Å². The quantitative estimate of drug-likeness (QED) is 0.275. The molecule has 40 heavy (non-hydrogen) atoms. The molecule has 0 bridgehead atoms. The average Bonchev–Trinajstić information content (AvgIpc) is 2.86. The predicted octanol–water partition coefficient (Wildman–Crippen LogP) is 6.69. The smallest absolute Gasteiger partial charge is 0.408 e. The molecule has 3 aromatic rings. The normalized spacial score (nSPS) is 12.0. The topological polar surface area (TPSA) is 88.1 Å². The molecule has 3 aromatic carbocycles. The van der Waals surface area contributed by atoms with Gasteiger partial charge in [-0.3, -0.25) is 4.79 Å². The molecule has 0 fully saturated rings. The van der Waals surface area contributed by atoms with Crippen molar-refractivity contribution in [2.75, 3.05) is 25.2 Å². The van der Waals surface area contributed by atoms with E-state index in [0.717, 1.165) is 0 Å². The van der Waals surface area contributed by atoms with Crippen LogP contribution in [-0.4, -0.2) is 43.0 Å². The molecule has 0 aromatic heterocycles. The van der Waals surface area contributed by atoms with Crippen molar-refractivity contribution in [2.45, 2.75) is 52.4 Å². The van der Waals surface area contributed by atoms with Crippen LogP contribution in [0.25, 0.3) is 11.1 Å². The molecule has 1 amide bonds. The van der Waals surface area contributed by atoms with Crippen LogP contribution in [0.15, 0.2) is 60.7 Å². The molecule has 2 N–H and O–H groups in total. The maximum Gasteiger partial charge on any atom is 0.408 e. The standard InChI is InChI=1S/C31H36F2N2O5/c1-20(34-30(38)40-31(2,3)4)25-10-8-11-26(29(25)33)23-15-21(16-24(17-23)35(5)14-13-32)19-39-27-12-7-6-9-22(27)18-28(36)37/h6-12,15-17,20H,13-14,18-19H2,1-5H3,(H,34,38)(H,36,37). The molecule has 0 spiro atoms. The van der Waals surface area contributed by atoms with Crippen molar-refractivity contribution in [1.29, 1.82) is 0 Å². The average molecular weight is 555 g/mol. The Bertz CT molecular complexity index is 1340. The summed E-state index contributed by atoms with van der Waals surface area (Å²) in [6.45, 7) is 6.58. The zero-order chi connectivity index (χ0) is 29.4. The van der Waals surface area contributed by atoms with Crippen molar-refractivity contribution in [3.05, 3.63) is 83.2 Å². The molecule has 1 unspecified atom stereocenters. The first-order valence-corrected chi connectivity index (χ1v) is 13.0. The SMILES string of the molecule is CC(NC(=O)OC(C)(C)C)c1cccc(-c2cc(COc3ccccc3CC(=O)O)cc(N(C)CCF)c2)c1F. The summed E-state index contributed by atoms with van der Waals surface area (Å²) in [6.07, 6.45) is -0.837. The number of amides is 1. The van der Waals surface area contributed by atoms with Crippen LogP contribution in [-0.2, 0) is 22.6 Å². The Kier molecular flexibility index (Phi) is 10.1. The number of aliphatic carboxylic acids is 1. The maximum atomic E-state index is 15.9. The zero-order valence-electron chi connectivity index (χ0n) is 23.5. The molecule has 0 heterocycles. The number of rotatable bonds is 11. The number of hydrogen-bond donors (Lipinski definition) is 2. The highest BCUT2D eigenvalue weighted by atomic mass is 19.1. The fourth-order valence-electron chi connectivity index (χ4n) is 4.17. The van der Waals surface area contributed by atoms with E-state index in [9.17, 15) is 19.1 Å². The molecule has 0 saturated heterocycles. The van der Waals surface area contributed by atoms with Crippen LogP contribution in [0.1, 0.15) is 50.4 Å². The summed E-state index contributed by atoms with van der Waals surface area (Å²) >= 11 is 0. The highest BCUT2D eigenvalue weighted by Gasteiger charge is 2.21. The number of nitrogens with zero attached hydrogens (tertiary/aromatic N) is 1. The van der Waals surface area contributed by atoms with Crippen LogP contribution in [0.4, 0.5) is 19.3 Å². The van der Waals surface area contributed by atoms with Crippen molar-refractivity contribution in [2.24, 2.45) is 0 Å². The number of benzene rings is 3. The van der Waals surface area contributed by atoms with Gasteiger partial charge in [0, 0.05) is 36.0 Å². The highest BCUT2D eigenvalue weighted by molar-refractivity contribution is 5.73. The minimum atomic E-state index is -0.973. The van der Waals surface area contributed by atoms with Gasteiger partial charge in [-0.1, -0.05) is 36.4 Å². The van der Waals surface area contributed by atoms with Gasteiger partial charge in [0.1, 0.15) is 30.4 Å². The van der Waals surface area contributed by atoms with Gasteiger partial charge in [-0.2, -0.15) is 0 Å². The van der Waals surface area contributed by atoms with E-state index in [4.69, 9.17) is 9.47 Å². The van der Waals surface area contributed by atoms with Gasteiger partial charge in [-0.15, -0.1) is 0 Å². The molecule has 0 radical (unpaired) electrons. The van der Waals surface area contributed by atoms with Crippen molar-refractivity contribution in [3.63, 3.8) is 0 Å². The maximum absolute atomic E-state index is 15.9. The number of ether oxygens (including phenoxy) is 2. The number of halogens is 2. The third-order valence-corrected chi connectivity index (χ3v) is 6.09. The Labute approximate surface area is 233 Å². The van der Waals surface area contributed by atoms with E-state index in [1.165, 1.54) is 0 Å². The predicted molar refractivity (Wildman–Crippen MR) is 151 cm³/mol. The molecule has 214 valence electrons. The lowest BCUT2D eigenvalue weighted by atomic mass is 9.97. The minimum absolute atomic E-state index is 0.0822. The lowest BCUT2D eigenvalue weighted by molar-refractivity contribution is -0.136. The second-order valence-electron chi connectivity index (χ2n) is 10.5. The molecular formula is C31H36F2N2O5. The van der Waals surface area contributed by atoms with Crippen LogP contribution in [0.3, 0.4) is 0 Å². The molecule has 0 aliphatic carbocycles. The van der Waals surface area contributed by atoms with E-state index in [1.807, 2.05) is 6.07 Å². The number of anilines is 1. The van der Waals surface area contributed by atoms with Gasteiger partial charge in [0.2, 0.25) is 0 Å². The number of alkyl carbamates (subject to hydrolysis) is 1. The summed E-state index contributed by atoms with van der Waals surface area (Å²) in [5.74, 6) is -1.04. The monoisotopic (exact) mass is 554 g/mol. The van der Waals surface area contributed by atoms with Gasteiger partial charge in [0.15, 0.2) is 0 Å². The number of hydrogen-bond acceptors (Lipinski definition) is 5.